The average molecular weight is 628 g/mol. The van der Waals surface area contributed by atoms with Crippen molar-refractivity contribution in [3.05, 3.63) is 60.9 Å². The summed E-state index contributed by atoms with van der Waals surface area (Å²) in [4.78, 5) is 41.1. The van der Waals surface area contributed by atoms with Crippen molar-refractivity contribution in [1.29, 1.82) is 0 Å². The summed E-state index contributed by atoms with van der Waals surface area (Å²) in [5.74, 6) is 0.287. The van der Waals surface area contributed by atoms with E-state index in [9.17, 15) is 14.4 Å². The summed E-state index contributed by atoms with van der Waals surface area (Å²) in [7, 11) is 0. The van der Waals surface area contributed by atoms with E-state index in [1.54, 1.807) is 35.2 Å². The summed E-state index contributed by atoms with van der Waals surface area (Å²) < 4.78 is 12.4. The molecule has 2 fully saturated rings. The smallest absolute Gasteiger partial charge is 0.294 e. The monoisotopic (exact) mass is 626 g/mol. The first kappa shape index (κ1) is 27.8. The van der Waals surface area contributed by atoms with Crippen molar-refractivity contribution in [2.45, 2.75) is 32.8 Å². The van der Waals surface area contributed by atoms with E-state index in [2.05, 4.69) is 15.9 Å². The van der Waals surface area contributed by atoms with Crippen LogP contribution < -0.4 is 9.47 Å². The van der Waals surface area contributed by atoms with Crippen molar-refractivity contribution >= 4 is 74.0 Å². The normalized spacial score (nSPS) is 17.0. The molecule has 2 aliphatic rings. The summed E-state index contributed by atoms with van der Waals surface area (Å²) in [6.07, 6.45) is 4.59. The number of likely N-dealkylation sites (tertiary alicyclic amines) is 1. The Hall–Kier alpha value is -2.20. The zero-order chi connectivity index (χ0) is 26.5. The minimum absolute atomic E-state index is 0.201. The predicted octanol–water partition coefficient (Wildman–Crippen LogP) is 6.78. The van der Waals surface area contributed by atoms with E-state index >= 15 is 0 Å². The number of hydrogen-bond donors (Lipinski definition) is 0. The average Bonchev–Trinajstić information content (AvgIpc) is 3.13. The van der Waals surface area contributed by atoms with Crippen LogP contribution in [0.3, 0.4) is 0 Å². The highest BCUT2D eigenvalue weighted by molar-refractivity contribution is 9.10. The van der Waals surface area contributed by atoms with Gasteiger partial charge < -0.3 is 14.4 Å². The molecular formula is C26H25BrCl2N2O5S. The van der Waals surface area contributed by atoms with Gasteiger partial charge in [-0.3, -0.25) is 19.3 Å². The Morgan fingerprint density at radius 3 is 2.54 bits per heavy atom. The number of nitrogens with zero attached hydrogens (tertiary/aromatic N) is 2. The molecule has 11 heteroatoms. The zero-order valence-electron chi connectivity index (χ0n) is 20.1. The maximum atomic E-state index is 13.0. The maximum Gasteiger partial charge on any atom is 0.294 e. The molecule has 0 unspecified atom stereocenters. The zero-order valence-corrected chi connectivity index (χ0v) is 24.0. The fourth-order valence-corrected chi connectivity index (χ4v) is 5.76. The summed E-state index contributed by atoms with van der Waals surface area (Å²) in [5, 5.41) is 0.451. The number of ether oxygens (including phenoxy) is 2. The van der Waals surface area contributed by atoms with Crippen molar-refractivity contribution in [3.63, 3.8) is 0 Å². The minimum Gasteiger partial charge on any atom is -0.490 e. The first-order chi connectivity index (χ1) is 17.8. The van der Waals surface area contributed by atoms with Crippen LogP contribution in [0.2, 0.25) is 10.0 Å². The largest absolute Gasteiger partial charge is 0.490 e. The standard InChI is InChI=1S/C26H25BrCl2N2O5S/c1-2-35-21-12-17(10-18(27)24(21)36-15-16-6-7-19(28)20(29)11-16)13-22-25(33)31(26(34)37-22)14-23(32)30-8-4-3-5-9-30/h6-7,10-13H,2-5,8-9,14-15H2,1H3/b22-13-. The van der Waals surface area contributed by atoms with Crippen molar-refractivity contribution in [3.8, 4) is 11.5 Å². The van der Waals surface area contributed by atoms with Crippen molar-refractivity contribution in [2.24, 2.45) is 0 Å². The molecule has 0 aliphatic carbocycles. The van der Waals surface area contributed by atoms with Crippen molar-refractivity contribution in [2.75, 3.05) is 26.2 Å². The Labute approximate surface area is 238 Å². The number of hydrogen-bond acceptors (Lipinski definition) is 6. The van der Waals surface area contributed by atoms with E-state index < -0.39 is 11.1 Å². The minimum atomic E-state index is -0.477. The number of piperidine rings is 1. The van der Waals surface area contributed by atoms with E-state index in [0.29, 0.717) is 51.3 Å². The van der Waals surface area contributed by atoms with Crippen LogP contribution in [0.5, 0.6) is 11.5 Å². The molecule has 0 radical (unpaired) electrons. The number of carbonyl (C=O) groups excluding carboxylic acids is 3. The second kappa shape index (κ2) is 12.6. The van der Waals surface area contributed by atoms with Gasteiger partial charge in [0.1, 0.15) is 13.2 Å². The molecule has 2 saturated heterocycles. The number of imide groups is 1. The SMILES string of the molecule is CCOc1cc(/C=C2\SC(=O)N(CC(=O)N3CCCCC3)C2=O)cc(Br)c1OCc1ccc(Cl)c(Cl)c1. The Morgan fingerprint density at radius 2 is 1.84 bits per heavy atom. The Kier molecular flexibility index (Phi) is 9.45. The van der Waals surface area contributed by atoms with E-state index in [4.69, 9.17) is 32.7 Å². The van der Waals surface area contributed by atoms with Gasteiger partial charge in [0.2, 0.25) is 5.91 Å². The fraction of sp³-hybridized carbons (Fsp3) is 0.346. The molecule has 0 aromatic heterocycles. The molecule has 2 heterocycles. The highest BCUT2D eigenvalue weighted by atomic mass is 79.9. The van der Waals surface area contributed by atoms with Gasteiger partial charge in [0.15, 0.2) is 11.5 Å². The van der Waals surface area contributed by atoms with Gasteiger partial charge in [-0.25, -0.2) is 0 Å². The van der Waals surface area contributed by atoms with Crippen LogP contribution in [0, 0.1) is 0 Å². The van der Waals surface area contributed by atoms with Crippen LogP contribution in [0.1, 0.15) is 37.3 Å². The van der Waals surface area contributed by atoms with Crippen LogP contribution in [0.25, 0.3) is 6.08 Å². The molecule has 0 spiro atoms. The Morgan fingerprint density at radius 1 is 1.08 bits per heavy atom. The Balaban J connectivity index is 1.50. The fourth-order valence-electron chi connectivity index (χ4n) is 4.03. The third-order valence-corrected chi connectivity index (χ3v) is 8.11. The molecule has 0 N–H and O–H groups in total. The van der Waals surface area contributed by atoms with E-state index in [-0.39, 0.29) is 24.0 Å². The summed E-state index contributed by atoms with van der Waals surface area (Å²) in [6, 6.07) is 8.78. The van der Waals surface area contributed by atoms with E-state index in [1.807, 2.05) is 13.0 Å². The number of benzene rings is 2. The summed E-state index contributed by atoms with van der Waals surface area (Å²) in [6.45, 7) is 3.58. The van der Waals surface area contributed by atoms with E-state index in [1.165, 1.54) is 0 Å². The number of amides is 3. The van der Waals surface area contributed by atoms with Gasteiger partial charge in [-0.05, 0) is 95.3 Å². The van der Waals surface area contributed by atoms with Crippen LogP contribution in [0.15, 0.2) is 39.7 Å². The second-order valence-electron chi connectivity index (χ2n) is 8.51. The van der Waals surface area contributed by atoms with Gasteiger partial charge in [0.25, 0.3) is 11.1 Å². The molecule has 37 heavy (non-hydrogen) atoms. The molecule has 0 saturated carbocycles. The van der Waals surface area contributed by atoms with Crippen LogP contribution in [0.4, 0.5) is 4.79 Å². The molecule has 2 aromatic rings. The third kappa shape index (κ3) is 6.82. The van der Waals surface area contributed by atoms with Gasteiger partial charge >= 0.3 is 0 Å². The summed E-state index contributed by atoms with van der Waals surface area (Å²) >= 11 is 16.4. The highest BCUT2D eigenvalue weighted by Crippen LogP contribution is 2.40. The van der Waals surface area contributed by atoms with Gasteiger partial charge in [0, 0.05) is 13.1 Å². The molecule has 2 aromatic carbocycles. The highest BCUT2D eigenvalue weighted by Gasteiger charge is 2.37. The van der Waals surface area contributed by atoms with Gasteiger partial charge in [-0.15, -0.1) is 0 Å². The lowest BCUT2D eigenvalue weighted by Gasteiger charge is -2.27. The topological polar surface area (TPSA) is 76.2 Å². The molecule has 0 atom stereocenters. The van der Waals surface area contributed by atoms with Gasteiger partial charge in [-0.2, -0.15) is 0 Å². The lowest BCUT2D eigenvalue weighted by molar-refractivity contribution is -0.136. The molecule has 2 aliphatic heterocycles. The number of thioether (sulfide) groups is 1. The number of carbonyl (C=O) groups is 3. The molecule has 4 rings (SSSR count). The van der Waals surface area contributed by atoms with Crippen molar-refractivity contribution < 1.29 is 23.9 Å². The molecular weight excluding hydrogens is 603 g/mol. The first-order valence-corrected chi connectivity index (χ1v) is 14.2. The van der Waals surface area contributed by atoms with Gasteiger partial charge in [0.05, 0.1) is 26.0 Å². The third-order valence-electron chi connectivity index (χ3n) is 5.87. The molecule has 3 amide bonds. The maximum absolute atomic E-state index is 13.0. The predicted molar refractivity (Wildman–Crippen MR) is 149 cm³/mol. The van der Waals surface area contributed by atoms with Gasteiger partial charge in [-0.1, -0.05) is 29.3 Å². The first-order valence-electron chi connectivity index (χ1n) is 11.8. The number of halogens is 3. The lowest BCUT2D eigenvalue weighted by atomic mass is 10.1. The van der Waals surface area contributed by atoms with Crippen LogP contribution >= 0.6 is 50.9 Å². The molecule has 7 nitrogen and oxygen atoms in total. The second-order valence-corrected chi connectivity index (χ2v) is 11.2. The quantitative estimate of drug-likeness (QED) is 0.300. The molecule has 0 bridgehead atoms. The van der Waals surface area contributed by atoms with Crippen LogP contribution in [-0.2, 0) is 16.2 Å². The van der Waals surface area contributed by atoms with E-state index in [0.717, 1.165) is 41.5 Å². The summed E-state index contributed by atoms with van der Waals surface area (Å²) in [5.41, 5.74) is 1.48. The lowest BCUT2D eigenvalue weighted by Crippen LogP contribution is -2.44. The molecule has 196 valence electrons. The van der Waals surface area contributed by atoms with Crippen LogP contribution in [-0.4, -0.2) is 53.1 Å². The van der Waals surface area contributed by atoms with Crippen molar-refractivity contribution in [1.82, 2.24) is 9.80 Å². The Bertz CT molecular complexity index is 1250. The number of rotatable bonds is 8.